The van der Waals surface area contributed by atoms with Gasteiger partial charge in [-0.1, -0.05) is 85.8 Å². The van der Waals surface area contributed by atoms with Crippen LogP contribution in [-0.4, -0.2) is 11.7 Å². The summed E-state index contributed by atoms with van der Waals surface area (Å²) in [5.41, 5.74) is 4.03. The van der Waals surface area contributed by atoms with Gasteiger partial charge in [-0.3, -0.25) is 0 Å². The lowest BCUT2D eigenvalue weighted by molar-refractivity contribution is -0.118. The van der Waals surface area contributed by atoms with Crippen LogP contribution in [0.4, 0.5) is 0 Å². The Hall–Kier alpha value is -1.08. The molecule has 0 saturated heterocycles. The number of ether oxygens (including phenoxy) is 1. The normalized spacial score (nSPS) is 24.7. The number of allylic oxidation sites excluding steroid dienone is 5. The number of hydrogen-bond donors (Lipinski definition) is 0. The van der Waals surface area contributed by atoms with Crippen molar-refractivity contribution in [2.24, 2.45) is 16.2 Å². The number of rotatable bonds is 4. The van der Waals surface area contributed by atoms with Crippen molar-refractivity contribution in [1.29, 1.82) is 0 Å². The quantitative estimate of drug-likeness (QED) is 0.509. The fourth-order valence-electron chi connectivity index (χ4n) is 4.45. The maximum Gasteiger partial charge on any atom is 0.103 e. The molecule has 0 spiro atoms. The molecule has 0 bridgehead atoms. The molecule has 1 nitrogen and oxygen atoms in total. The van der Waals surface area contributed by atoms with Crippen LogP contribution < -0.4 is 0 Å². The molecule has 1 unspecified atom stereocenters. The molecule has 0 amide bonds. The molecule has 0 N–H and O–H groups in total. The van der Waals surface area contributed by atoms with Crippen molar-refractivity contribution in [2.75, 3.05) is 0 Å². The van der Waals surface area contributed by atoms with Crippen LogP contribution in [0.1, 0.15) is 82.1 Å². The highest BCUT2D eigenvalue weighted by Gasteiger charge is 2.54. The third kappa shape index (κ3) is 3.79. The van der Waals surface area contributed by atoms with Gasteiger partial charge in [0.2, 0.25) is 0 Å². The molecule has 0 aliphatic heterocycles. The van der Waals surface area contributed by atoms with Gasteiger partial charge in [-0.15, -0.1) is 0 Å². The molecule has 2 rings (SSSR count). The maximum atomic E-state index is 6.87. The van der Waals surface area contributed by atoms with Crippen molar-refractivity contribution < 1.29 is 4.74 Å². The fourth-order valence-corrected chi connectivity index (χ4v) is 4.45. The zero-order chi connectivity index (χ0) is 20.0. The van der Waals surface area contributed by atoms with Crippen molar-refractivity contribution in [3.63, 3.8) is 0 Å². The lowest BCUT2D eigenvalue weighted by Gasteiger charge is -2.54. The second kappa shape index (κ2) is 6.82. The lowest BCUT2D eigenvalue weighted by Crippen LogP contribution is -2.54. The molecule has 0 fully saturated rings. The molecule has 0 saturated carbocycles. The summed E-state index contributed by atoms with van der Waals surface area (Å²) in [5, 5.41) is 0. The summed E-state index contributed by atoms with van der Waals surface area (Å²) >= 11 is 0. The molecular formula is C25H40O. The van der Waals surface area contributed by atoms with Crippen LogP contribution >= 0.6 is 0 Å². The minimum atomic E-state index is -0.325. The molecule has 0 aromatic rings. The summed E-state index contributed by atoms with van der Waals surface area (Å²) in [5.74, 6) is 0. The first-order chi connectivity index (χ1) is 11.7. The van der Waals surface area contributed by atoms with Crippen molar-refractivity contribution in [3.05, 3.63) is 47.1 Å². The van der Waals surface area contributed by atoms with Gasteiger partial charge >= 0.3 is 0 Å². The smallest absolute Gasteiger partial charge is 0.103 e. The zero-order valence-electron chi connectivity index (χ0n) is 18.8. The van der Waals surface area contributed by atoms with E-state index < -0.39 is 0 Å². The first-order valence-corrected chi connectivity index (χ1v) is 10.2. The topological polar surface area (TPSA) is 9.23 Å². The maximum absolute atomic E-state index is 6.87. The van der Waals surface area contributed by atoms with E-state index in [1.165, 1.54) is 16.7 Å². The Morgan fingerprint density at radius 3 is 1.92 bits per heavy atom. The van der Waals surface area contributed by atoms with E-state index in [0.29, 0.717) is 0 Å². The zero-order valence-corrected chi connectivity index (χ0v) is 18.8. The largest absolute Gasteiger partial charge is 0.367 e. The van der Waals surface area contributed by atoms with E-state index in [4.69, 9.17) is 4.74 Å². The van der Waals surface area contributed by atoms with E-state index in [-0.39, 0.29) is 27.9 Å². The number of hydrogen-bond acceptors (Lipinski definition) is 1. The summed E-state index contributed by atoms with van der Waals surface area (Å²) in [6.45, 7) is 23.0. The molecule has 146 valence electrons. The van der Waals surface area contributed by atoms with E-state index in [2.05, 4.69) is 99.6 Å². The van der Waals surface area contributed by atoms with Gasteiger partial charge in [-0.2, -0.15) is 0 Å². The third-order valence-corrected chi connectivity index (χ3v) is 5.96. The van der Waals surface area contributed by atoms with Gasteiger partial charge in [0.05, 0.1) is 6.10 Å². The Bertz CT molecular complexity index is 653. The Kier molecular flexibility index (Phi) is 5.57. The molecule has 0 aromatic heterocycles. The summed E-state index contributed by atoms with van der Waals surface area (Å²) in [6, 6.07) is 0. The average molecular weight is 357 g/mol. The van der Waals surface area contributed by atoms with Crippen molar-refractivity contribution in [3.8, 4) is 0 Å². The van der Waals surface area contributed by atoms with Gasteiger partial charge in [0, 0.05) is 5.41 Å². The highest BCUT2D eigenvalue weighted by atomic mass is 16.5. The Morgan fingerprint density at radius 1 is 0.885 bits per heavy atom. The van der Waals surface area contributed by atoms with Gasteiger partial charge in [-0.25, -0.2) is 0 Å². The molecule has 0 aromatic carbocycles. The molecular weight excluding hydrogens is 316 g/mol. The average Bonchev–Trinajstić information content (AvgIpc) is 2.99. The van der Waals surface area contributed by atoms with Crippen molar-refractivity contribution in [1.82, 2.24) is 0 Å². The second-order valence-electron chi connectivity index (χ2n) is 10.8. The fraction of sp³-hybridized carbons (Fsp3) is 0.680. The summed E-state index contributed by atoms with van der Waals surface area (Å²) < 4.78 is 6.87. The lowest BCUT2D eigenvalue weighted by atomic mass is 9.57. The van der Waals surface area contributed by atoms with Gasteiger partial charge in [0.1, 0.15) is 5.60 Å². The third-order valence-electron chi connectivity index (χ3n) is 5.96. The van der Waals surface area contributed by atoms with Crippen molar-refractivity contribution in [2.45, 2.75) is 93.8 Å². The summed E-state index contributed by atoms with van der Waals surface area (Å²) in [4.78, 5) is 0. The van der Waals surface area contributed by atoms with Crippen LogP contribution in [0.5, 0.6) is 0 Å². The van der Waals surface area contributed by atoms with Crippen LogP contribution in [0.2, 0.25) is 0 Å². The predicted molar refractivity (Wildman–Crippen MR) is 114 cm³/mol. The highest BCUT2D eigenvalue weighted by Crippen LogP contribution is 2.56. The molecule has 1 heteroatoms. The first-order valence-electron chi connectivity index (χ1n) is 10.2. The van der Waals surface area contributed by atoms with Gasteiger partial charge in [-0.05, 0) is 54.2 Å². The molecule has 0 heterocycles. The van der Waals surface area contributed by atoms with Gasteiger partial charge in [0.15, 0.2) is 0 Å². The second-order valence-corrected chi connectivity index (χ2v) is 10.8. The van der Waals surface area contributed by atoms with E-state index in [1.54, 1.807) is 0 Å². The van der Waals surface area contributed by atoms with E-state index in [9.17, 15) is 0 Å². The van der Waals surface area contributed by atoms with Crippen LogP contribution in [0.3, 0.4) is 0 Å². The van der Waals surface area contributed by atoms with E-state index in [0.717, 1.165) is 12.8 Å². The van der Waals surface area contributed by atoms with E-state index >= 15 is 0 Å². The summed E-state index contributed by atoms with van der Waals surface area (Å²) in [7, 11) is 0. The standard InChI is InChI=1S/C25H40O/c1-18(2)26-25(24(9,10)19-13-11-12-14-19)16-15-20(22(3,4)5)17-21(25)23(6,7)8/h11,13-15,17-18H,12,16H2,1-10H3. The minimum absolute atomic E-state index is 0.0415. The first kappa shape index (κ1) is 21.2. The molecule has 2 aliphatic carbocycles. The highest BCUT2D eigenvalue weighted by molar-refractivity contribution is 5.47. The Balaban J connectivity index is 2.70. The van der Waals surface area contributed by atoms with Crippen LogP contribution in [-0.2, 0) is 4.74 Å². The van der Waals surface area contributed by atoms with Crippen LogP contribution in [0.25, 0.3) is 0 Å². The van der Waals surface area contributed by atoms with Crippen molar-refractivity contribution >= 4 is 0 Å². The molecule has 2 aliphatic rings. The molecule has 1 atom stereocenters. The Morgan fingerprint density at radius 2 is 1.50 bits per heavy atom. The van der Waals surface area contributed by atoms with Crippen LogP contribution in [0.15, 0.2) is 47.1 Å². The van der Waals surface area contributed by atoms with Gasteiger partial charge in [0.25, 0.3) is 0 Å². The summed E-state index contributed by atoms with van der Waals surface area (Å²) in [6.07, 6.45) is 14.0. The Labute approximate surface area is 162 Å². The van der Waals surface area contributed by atoms with Crippen LogP contribution in [0, 0.1) is 16.2 Å². The molecule has 0 radical (unpaired) electrons. The molecule has 26 heavy (non-hydrogen) atoms. The van der Waals surface area contributed by atoms with E-state index in [1.807, 2.05) is 0 Å². The monoisotopic (exact) mass is 356 g/mol. The predicted octanol–water partition coefficient (Wildman–Crippen LogP) is 7.41. The van der Waals surface area contributed by atoms with Gasteiger partial charge < -0.3 is 4.74 Å². The SMILES string of the molecule is CC(C)OC1(C(C)(C)C2=CCC=C2)CC=C(C(C)(C)C)C=C1C(C)(C)C. The minimum Gasteiger partial charge on any atom is -0.367 e.